The number of halogens is 1. The first-order chi connectivity index (χ1) is 9.61. The van der Waals surface area contributed by atoms with Crippen molar-refractivity contribution in [3.05, 3.63) is 47.0 Å². The smallest absolute Gasteiger partial charge is 0.217 e. The maximum Gasteiger partial charge on any atom is 0.217 e. The van der Waals surface area contributed by atoms with Crippen molar-refractivity contribution in [1.82, 2.24) is 14.9 Å². The average Bonchev–Trinajstić information content (AvgIpc) is 2.86. The van der Waals surface area contributed by atoms with Crippen LogP contribution in [0.25, 0.3) is 5.69 Å². The van der Waals surface area contributed by atoms with E-state index in [4.69, 9.17) is 16.9 Å². The Bertz CT molecular complexity index is 625. The van der Waals surface area contributed by atoms with E-state index < -0.39 is 0 Å². The number of imidazole rings is 1. The molecule has 0 aliphatic carbocycles. The molecule has 0 amide bonds. The standard InChI is InChI=1S/C15H17ClN4/c1-11(2)9-18-10-12-7-13(16)3-4-14(12)20-6-5-19-15(20)8-17/h3-7,11,18H,9-10H2,1-2H3. The minimum absolute atomic E-state index is 0.373. The van der Waals surface area contributed by atoms with Crippen molar-refractivity contribution in [3.8, 4) is 11.8 Å². The highest BCUT2D eigenvalue weighted by atomic mass is 35.5. The second kappa shape index (κ2) is 6.56. The zero-order valence-corrected chi connectivity index (χ0v) is 12.4. The van der Waals surface area contributed by atoms with Crippen LogP contribution in [-0.4, -0.2) is 16.1 Å². The van der Waals surface area contributed by atoms with Crippen molar-refractivity contribution < 1.29 is 0 Å². The fourth-order valence-electron chi connectivity index (χ4n) is 2.01. The van der Waals surface area contributed by atoms with Gasteiger partial charge in [-0.05, 0) is 36.2 Å². The molecular formula is C15H17ClN4. The molecule has 1 aromatic heterocycles. The summed E-state index contributed by atoms with van der Waals surface area (Å²) in [6, 6.07) is 7.75. The van der Waals surface area contributed by atoms with Crippen LogP contribution in [0.1, 0.15) is 25.2 Å². The molecule has 0 unspecified atom stereocenters. The molecule has 0 aliphatic heterocycles. The summed E-state index contributed by atoms with van der Waals surface area (Å²) < 4.78 is 1.78. The Labute approximate surface area is 124 Å². The normalized spacial score (nSPS) is 10.8. The van der Waals surface area contributed by atoms with Crippen LogP contribution in [0.15, 0.2) is 30.6 Å². The zero-order valence-electron chi connectivity index (χ0n) is 11.6. The quantitative estimate of drug-likeness (QED) is 0.919. The Hall–Kier alpha value is -1.83. The summed E-state index contributed by atoms with van der Waals surface area (Å²) >= 11 is 6.08. The topological polar surface area (TPSA) is 53.6 Å². The maximum absolute atomic E-state index is 9.09. The van der Waals surface area contributed by atoms with Gasteiger partial charge in [-0.15, -0.1) is 0 Å². The molecule has 0 saturated heterocycles. The van der Waals surface area contributed by atoms with Crippen molar-refractivity contribution in [2.75, 3.05) is 6.54 Å². The van der Waals surface area contributed by atoms with Crippen molar-refractivity contribution >= 4 is 11.6 Å². The second-order valence-corrected chi connectivity index (χ2v) is 5.47. The van der Waals surface area contributed by atoms with Crippen molar-refractivity contribution in [2.45, 2.75) is 20.4 Å². The number of hydrogen-bond donors (Lipinski definition) is 1. The van der Waals surface area contributed by atoms with Crippen LogP contribution in [0.4, 0.5) is 0 Å². The van der Waals surface area contributed by atoms with Gasteiger partial charge in [-0.3, -0.25) is 4.57 Å². The third-order valence-electron chi connectivity index (χ3n) is 2.91. The fourth-order valence-corrected chi connectivity index (χ4v) is 2.20. The van der Waals surface area contributed by atoms with E-state index in [1.54, 1.807) is 17.0 Å². The second-order valence-electron chi connectivity index (χ2n) is 5.03. The Kier molecular flexibility index (Phi) is 4.78. The van der Waals surface area contributed by atoms with E-state index in [9.17, 15) is 0 Å². The largest absolute Gasteiger partial charge is 0.312 e. The van der Waals surface area contributed by atoms with Gasteiger partial charge in [0.1, 0.15) is 6.07 Å². The van der Waals surface area contributed by atoms with Gasteiger partial charge in [-0.2, -0.15) is 5.26 Å². The highest BCUT2D eigenvalue weighted by Gasteiger charge is 2.09. The molecule has 1 aromatic carbocycles. The monoisotopic (exact) mass is 288 g/mol. The zero-order chi connectivity index (χ0) is 14.5. The fraction of sp³-hybridized carbons (Fsp3) is 0.333. The van der Waals surface area contributed by atoms with Gasteiger partial charge in [0.15, 0.2) is 0 Å². The SMILES string of the molecule is CC(C)CNCc1cc(Cl)ccc1-n1ccnc1C#N. The predicted molar refractivity (Wildman–Crippen MR) is 79.8 cm³/mol. The highest BCUT2D eigenvalue weighted by molar-refractivity contribution is 6.30. The first-order valence-electron chi connectivity index (χ1n) is 6.54. The number of nitrogens with one attached hydrogen (secondary N) is 1. The molecule has 1 N–H and O–H groups in total. The molecule has 5 heteroatoms. The molecule has 0 aliphatic rings. The third-order valence-corrected chi connectivity index (χ3v) is 3.14. The lowest BCUT2D eigenvalue weighted by atomic mass is 10.1. The van der Waals surface area contributed by atoms with E-state index in [1.165, 1.54) is 0 Å². The minimum Gasteiger partial charge on any atom is -0.312 e. The van der Waals surface area contributed by atoms with E-state index in [1.807, 2.05) is 18.2 Å². The number of nitrogens with zero attached hydrogens (tertiary/aromatic N) is 3. The molecule has 0 fully saturated rings. The maximum atomic E-state index is 9.09. The summed E-state index contributed by atoms with van der Waals surface area (Å²) in [5.41, 5.74) is 1.98. The van der Waals surface area contributed by atoms with Crippen LogP contribution < -0.4 is 5.32 Å². The van der Waals surface area contributed by atoms with Gasteiger partial charge in [-0.1, -0.05) is 25.4 Å². The molecule has 20 heavy (non-hydrogen) atoms. The van der Waals surface area contributed by atoms with E-state index in [0.29, 0.717) is 23.3 Å². The Morgan fingerprint density at radius 3 is 2.95 bits per heavy atom. The number of benzene rings is 1. The van der Waals surface area contributed by atoms with E-state index >= 15 is 0 Å². The van der Waals surface area contributed by atoms with Crippen LogP contribution in [0.3, 0.4) is 0 Å². The van der Waals surface area contributed by atoms with Crippen LogP contribution in [-0.2, 0) is 6.54 Å². The molecule has 0 saturated carbocycles. The van der Waals surface area contributed by atoms with Gasteiger partial charge in [0, 0.05) is 24.0 Å². The molecule has 0 radical (unpaired) electrons. The van der Waals surface area contributed by atoms with Gasteiger partial charge in [-0.25, -0.2) is 4.98 Å². The van der Waals surface area contributed by atoms with Gasteiger partial charge < -0.3 is 5.32 Å². The van der Waals surface area contributed by atoms with Crippen LogP contribution in [0.5, 0.6) is 0 Å². The first-order valence-corrected chi connectivity index (χ1v) is 6.92. The van der Waals surface area contributed by atoms with Crippen LogP contribution >= 0.6 is 11.6 Å². The van der Waals surface area contributed by atoms with E-state index in [2.05, 4.69) is 30.2 Å². The molecule has 2 rings (SSSR count). The minimum atomic E-state index is 0.373. The Morgan fingerprint density at radius 2 is 2.25 bits per heavy atom. The first kappa shape index (κ1) is 14.6. The van der Waals surface area contributed by atoms with Gasteiger partial charge in [0.2, 0.25) is 5.82 Å². The van der Waals surface area contributed by atoms with Crippen molar-refractivity contribution in [1.29, 1.82) is 5.26 Å². The van der Waals surface area contributed by atoms with Crippen LogP contribution in [0, 0.1) is 17.2 Å². The molecule has 1 heterocycles. The van der Waals surface area contributed by atoms with E-state index in [-0.39, 0.29) is 0 Å². The van der Waals surface area contributed by atoms with Gasteiger partial charge >= 0.3 is 0 Å². The Morgan fingerprint density at radius 1 is 1.45 bits per heavy atom. The predicted octanol–water partition coefficient (Wildman–Crippen LogP) is 3.14. The van der Waals surface area contributed by atoms with Crippen molar-refractivity contribution in [3.63, 3.8) is 0 Å². The molecule has 4 nitrogen and oxygen atoms in total. The summed E-state index contributed by atoms with van der Waals surface area (Å²) in [5.74, 6) is 0.956. The lowest BCUT2D eigenvalue weighted by Gasteiger charge is -2.13. The number of nitriles is 1. The molecule has 104 valence electrons. The summed E-state index contributed by atoms with van der Waals surface area (Å²) in [6.07, 6.45) is 3.41. The molecule has 0 spiro atoms. The summed E-state index contributed by atoms with van der Waals surface area (Å²) in [4.78, 5) is 4.03. The summed E-state index contributed by atoms with van der Waals surface area (Å²) in [7, 11) is 0. The Balaban J connectivity index is 2.31. The lowest BCUT2D eigenvalue weighted by molar-refractivity contribution is 0.551. The van der Waals surface area contributed by atoms with Crippen LogP contribution in [0.2, 0.25) is 5.02 Å². The molecule has 0 atom stereocenters. The summed E-state index contributed by atoms with van der Waals surface area (Å²) in [5, 5.41) is 13.2. The van der Waals surface area contributed by atoms with Gasteiger partial charge in [0.25, 0.3) is 0 Å². The van der Waals surface area contributed by atoms with E-state index in [0.717, 1.165) is 17.8 Å². The molecular weight excluding hydrogens is 272 g/mol. The summed E-state index contributed by atoms with van der Waals surface area (Å²) in [6.45, 7) is 5.96. The highest BCUT2D eigenvalue weighted by Crippen LogP contribution is 2.21. The molecule has 2 aromatic rings. The average molecular weight is 289 g/mol. The van der Waals surface area contributed by atoms with Crippen molar-refractivity contribution in [2.24, 2.45) is 5.92 Å². The number of hydrogen-bond acceptors (Lipinski definition) is 3. The number of rotatable bonds is 5. The molecule has 0 bridgehead atoms. The third kappa shape index (κ3) is 3.38. The lowest BCUT2D eigenvalue weighted by Crippen LogP contribution is -2.20. The van der Waals surface area contributed by atoms with Gasteiger partial charge in [0.05, 0.1) is 5.69 Å². The number of aromatic nitrogens is 2.